The van der Waals surface area contributed by atoms with Crippen LogP contribution in [0.4, 0.5) is 0 Å². The Hall–Kier alpha value is -3.35. The molecule has 7 nitrogen and oxygen atoms in total. The molecule has 0 aliphatic carbocycles. The number of benzene rings is 2. The maximum absolute atomic E-state index is 12.8. The summed E-state index contributed by atoms with van der Waals surface area (Å²) in [6.07, 6.45) is 1.14. The molecule has 2 amide bonds. The molecule has 1 heterocycles. The van der Waals surface area contributed by atoms with Crippen molar-refractivity contribution in [2.24, 2.45) is 5.92 Å². The first-order chi connectivity index (χ1) is 14.5. The summed E-state index contributed by atoms with van der Waals surface area (Å²) in [4.78, 5) is 37.9. The number of nitrogens with one attached hydrogen (secondary N) is 1. The first-order valence-electron chi connectivity index (χ1n) is 9.90. The van der Waals surface area contributed by atoms with Gasteiger partial charge in [-0.25, -0.2) is 0 Å². The highest BCUT2D eigenvalue weighted by Gasteiger charge is 2.28. The molecule has 1 N–H and O–H groups in total. The molecular formula is C23H26N2O5. The molecule has 0 aromatic heterocycles. The summed E-state index contributed by atoms with van der Waals surface area (Å²) in [5.41, 5.74) is 2.56. The van der Waals surface area contributed by atoms with Gasteiger partial charge in [-0.3, -0.25) is 14.4 Å². The molecule has 0 atom stereocenters. The molecule has 0 radical (unpaired) electrons. The summed E-state index contributed by atoms with van der Waals surface area (Å²) in [7, 11) is 2.91. The molecule has 2 aromatic carbocycles. The number of ether oxygens (including phenoxy) is 2. The van der Waals surface area contributed by atoms with Crippen molar-refractivity contribution in [3.8, 4) is 16.9 Å². The molecular weight excluding hydrogens is 384 g/mol. The van der Waals surface area contributed by atoms with E-state index in [4.69, 9.17) is 4.74 Å². The average Bonchev–Trinajstić information content (AvgIpc) is 2.82. The second-order valence-electron chi connectivity index (χ2n) is 7.14. The topological polar surface area (TPSA) is 84.9 Å². The van der Waals surface area contributed by atoms with Crippen molar-refractivity contribution in [3.05, 3.63) is 54.1 Å². The number of likely N-dealkylation sites (tertiary alicyclic amines) is 1. The molecule has 0 spiro atoms. The summed E-state index contributed by atoms with van der Waals surface area (Å²) < 4.78 is 9.93. The number of nitrogens with zero attached hydrogens (tertiary/aromatic N) is 1. The summed E-state index contributed by atoms with van der Waals surface area (Å²) in [5, 5.41) is 2.58. The fourth-order valence-electron chi connectivity index (χ4n) is 3.58. The molecule has 0 bridgehead atoms. The van der Waals surface area contributed by atoms with E-state index >= 15 is 0 Å². The van der Waals surface area contributed by atoms with Gasteiger partial charge >= 0.3 is 5.97 Å². The van der Waals surface area contributed by atoms with Crippen LogP contribution < -0.4 is 10.1 Å². The van der Waals surface area contributed by atoms with Crippen molar-refractivity contribution in [3.63, 3.8) is 0 Å². The predicted octanol–water partition coefficient (Wildman–Crippen LogP) is 2.50. The zero-order chi connectivity index (χ0) is 21.5. The Kier molecular flexibility index (Phi) is 7.06. The van der Waals surface area contributed by atoms with Gasteiger partial charge in [-0.05, 0) is 36.6 Å². The van der Waals surface area contributed by atoms with Crippen molar-refractivity contribution < 1.29 is 23.9 Å². The van der Waals surface area contributed by atoms with E-state index in [9.17, 15) is 14.4 Å². The lowest BCUT2D eigenvalue weighted by atomic mass is 9.95. The van der Waals surface area contributed by atoms with Gasteiger partial charge in [0.05, 0.1) is 14.2 Å². The van der Waals surface area contributed by atoms with Crippen LogP contribution in [0.3, 0.4) is 0 Å². The van der Waals surface area contributed by atoms with Crippen molar-refractivity contribution in [2.75, 3.05) is 33.9 Å². The van der Waals surface area contributed by atoms with Crippen LogP contribution in [0.5, 0.6) is 5.75 Å². The van der Waals surface area contributed by atoms with E-state index in [1.807, 2.05) is 48.5 Å². The van der Waals surface area contributed by atoms with Gasteiger partial charge in [0, 0.05) is 30.1 Å². The van der Waals surface area contributed by atoms with Crippen LogP contribution >= 0.6 is 0 Å². The van der Waals surface area contributed by atoms with Gasteiger partial charge in [0.25, 0.3) is 5.91 Å². The smallest absolute Gasteiger partial charge is 0.325 e. The minimum Gasteiger partial charge on any atom is -0.496 e. The summed E-state index contributed by atoms with van der Waals surface area (Å²) in [5.74, 6) is -0.119. The monoisotopic (exact) mass is 410 g/mol. The van der Waals surface area contributed by atoms with E-state index in [0.29, 0.717) is 31.5 Å². The molecule has 158 valence electrons. The zero-order valence-electron chi connectivity index (χ0n) is 17.2. The van der Waals surface area contributed by atoms with Crippen molar-refractivity contribution in [2.45, 2.75) is 12.8 Å². The molecule has 1 aliphatic rings. The number of carbonyl (C=O) groups excluding carboxylic acids is 3. The molecule has 7 heteroatoms. The molecule has 0 unspecified atom stereocenters. The standard InChI is InChI=1S/C23H26N2O5/c1-29-20-6-4-3-5-19(20)16-7-9-18(10-8-16)23(28)25-13-11-17(12-14-25)22(27)24-15-21(26)30-2/h3-10,17H,11-15H2,1-2H3,(H,24,27). The Bertz CT molecular complexity index is 902. The van der Waals surface area contributed by atoms with Crippen LogP contribution in [0.25, 0.3) is 11.1 Å². The predicted molar refractivity (Wildman–Crippen MR) is 112 cm³/mol. The number of esters is 1. The third-order valence-electron chi connectivity index (χ3n) is 5.34. The van der Waals surface area contributed by atoms with Crippen LogP contribution in [0, 0.1) is 5.92 Å². The SMILES string of the molecule is COC(=O)CNC(=O)C1CCN(C(=O)c2ccc(-c3ccccc3OC)cc2)CC1. The number of para-hydroxylation sites is 1. The first kappa shape index (κ1) is 21.4. The number of hydrogen-bond donors (Lipinski definition) is 1. The van der Waals surface area contributed by atoms with Gasteiger partial charge < -0.3 is 19.7 Å². The van der Waals surface area contributed by atoms with Crippen molar-refractivity contribution >= 4 is 17.8 Å². The lowest BCUT2D eigenvalue weighted by Gasteiger charge is -2.31. The van der Waals surface area contributed by atoms with Crippen LogP contribution in [-0.2, 0) is 14.3 Å². The maximum Gasteiger partial charge on any atom is 0.325 e. The van der Waals surface area contributed by atoms with E-state index in [0.717, 1.165) is 16.9 Å². The Morgan fingerprint density at radius 1 is 1.00 bits per heavy atom. The number of amides is 2. The lowest BCUT2D eigenvalue weighted by Crippen LogP contribution is -2.44. The van der Waals surface area contributed by atoms with Crippen LogP contribution in [0.1, 0.15) is 23.2 Å². The van der Waals surface area contributed by atoms with Crippen LogP contribution in [0.2, 0.25) is 0 Å². The Balaban J connectivity index is 1.58. The van der Waals surface area contributed by atoms with E-state index in [-0.39, 0.29) is 24.3 Å². The molecule has 2 aromatic rings. The normalized spacial score (nSPS) is 14.1. The maximum atomic E-state index is 12.8. The fourth-order valence-corrected chi connectivity index (χ4v) is 3.58. The minimum atomic E-state index is -0.479. The zero-order valence-corrected chi connectivity index (χ0v) is 17.2. The highest BCUT2D eigenvalue weighted by molar-refractivity contribution is 5.95. The van der Waals surface area contributed by atoms with Gasteiger partial charge in [0.2, 0.25) is 5.91 Å². The molecule has 1 fully saturated rings. The van der Waals surface area contributed by atoms with Crippen molar-refractivity contribution in [1.82, 2.24) is 10.2 Å². The molecule has 1 saturated heterocycles. The lowest BCUT2D eigenvalue weighted by molar-refractivity contribution is -0.141. The summed E-state index contributed by atoms with van der Waals surface area (Å²) >= 11 is 0. The fraction of sp³-hybridized carbons (Fsp3) is 0.348. The Labute approximate surface area is 176 Å². The number of rotatable bonds is 6. The minimum absolute atomic E-state index is 0.0463. The second kappa shape index (κ2) is 9.91. The van der Waals surface area contributed by atoms with Crippen molar-refractivity contribution in [1.29, 1.82) is 0 Å². The van der Waals surface area contributed by atoms with E-state index in [1.54, 1.807) is 12.0 Å². The number of methoxy groups -OCH3 is 2. The molecule has 0 saturated carbocycles. The van der Waals surface area contributed by atoms with E-state index < -0.39 is 5.97 Å². The summed E-state index contributed by atoms with van der Waals surface area (Å²) in [6, 6.07) is 15.2. The van der Waals surface area contributed by atoms with Gasteiger partial charge in [0.15, 0.2) is 0 Å². The van der Waals surface area contributed by atoms with E-state index in [2.05, 4.69) is 10.1 Å². The van der Waals surface area contributed by atoms with E-state index in [1.165, 1.54) is 7.11 Å². The Morgan fingerprint density at radius 3 is 2.30 bits per heavy atom. The largest absolute Gasteiger partial charge is 0.496 e. The molecule has 30 heavy (non-hydrogen) atoms. The molecule has 1 aliphatic heterocycles. The number of hydrogen-bond acceptors (Lipinski definition) is 5. The van der Waals surface area contributed by atoms with Gasteiger partial charge in [0.1, 0.15) is 12.3 Å². The highest BCUT2D eigenvalue weighted by atomic mass is 16.5. The average molecular weight is 410 g/mol. The Morgan fingerprint density at radius 2 is 1.67 bits per heavy atom. The third kappa shape index (κ3) is 4.97. The van der Waals surface area contributed by atoms with Gasteiger partial charge in [-0.1, -0.05) is 30.3 Å². The number of piperidine rings is 1. The summed E-state index contributed by atoms with van der Waals surface area (Å²) in [6.45, 7) is 0.875. The van der Waals surface area contributed by atoms with Crippen LogP contribution in [0.15, 0.2) is 48.5 Å². The van der Waals surface area contributed by atoms with Crippen LogP contribution in [-0.4, -0.2) is 56.5 Å². The molecule has 3 rings (SSSR count). The van der Waals surface area contributed by atoms with Gasteiger partial charge in [-0.15, -0.1) is 0 Å². The van der Waals surface area contributed by atoms with Gasteiger partial charge in [-0.2, -0.15) is 0 Å². The quantitative estimate of drug-likeness (QED) is 0.740. The highest BCUT2D eigenvalue weighted by Crippen LogP contribution is 2.30. The second-order valence-corrected chi connectivity index (χ2v) is 7.14. The third-order valence-corrected chi connectivity index (χ3v) is 5.34. The number of carbonyl (C=O) groups is 3. The first-order valence-corrected chi connectivity index (χ1v) is 9.90.